The van der Waals surface area contributed by atoms with Crippen molar-refractivity contribution in [3.05, 3.63) is 23.5 Å². The Morgan fingerprint density at radius 2 is 1.22 bits per heavy atom. The van der Waals surface area contributed by atoms with Crippen LogP contribution < -0.4 is 0 Å². The molecule has 0 aliphatic carbocycles. The average molecular weight is 242 g/mol. The first kappa shape index (κ1) is 11.3. The highest BCUT2D eigenvalue weighted by molar-refractivity contribution is 5.83. The van der Waals surface area contributed by atoms with Crippen LogP contribution in [-0.2, 0) is 0 Å². The highest BCUT2D eigenvalue weighted by atomic mass is 15.0. The average Bonchev–Trinajstić information content (AvgIpc) is 2.87. The number of hydrogen-bond donors (Lipinski definition) is 2. The quantitative estimate of drug-likeness (QED) is 0.720. The molecule has 3 heterocycles. The van der Waals surface area contributed by atoms with Crippen LogP contribution >= 0.6 is 0 Å². The zero-order valence-electron chi connectivity index (χ0n) is 11.2. The molecule has 0 aromatic carbocycles. The third-order valence-corrected chi connectivity index (χ3v) is 3.30. The van der Waals surface area contributed by atoms with E-state index in [0.717, 1.165) is 22.3 Å². The van der Waals surface area contributed by atoms with Crippen molar-refractivity contribution in [3.8, 4) is 0 Å². The predicted octanol–water partition coefficient (Wildman–Crippen LogP) is 3.69. The Morgan fingerprint density at radius 3 is 1.61 bits per heavy atom. The SMILES string of the molecule is CC(C)c1cc2nc3cc(C(C)C)[nH]c3nc2[nH]1. The van der Waals surface area contributed by atoms with Gasteiger partial charge in [-0.3, -0.25) is 0 Å². The fourth-order valence-corrected chi connectivity index (χ4v) is 2.11. The second kappa shape index (κ2) is 3.83. The second-order valence-corrected chi connectivity index (χ2v) is 5.45. The summed E-state index contributed by atoms with van der Waals surface area (Å²) in [6.45, 7) is 8.64. The molecule has 2 N–H and O–H groups in total. The molecule has 0 spiro atoms. The van der Waals surface area contributed by atoms with Gasteiger partial charge in [0.15, 0.2) is 11.3 Å². The number of aromatic amines is 2. The van der Waals surface area contributed by atoms with E-state index in [-0.39, 0.29) is 0 Å². The van der Waals surface area contributed by atoms with Crippen molar-refractivity contribution in [3.63, 3.8) is 0 Å². The summed E-state index contributed by atoms with van der Waals surface area (Å²) < 4.78 is 0. The van der Waals surface area contributed by atoms with E-state index < -0.39 is 0 Å². The van der Waals surface area contributed by atoms with Gasteiger partial charge in [-0.05, 0) is 24.0 Å². The van der Waals surface area contributed by atoms with Crippen molar-refractivity contribution in [2.75, 3.05) is 0 Å². The largest absolute Gasteiger partial charge is 0.342 e. The van der Waals surface area contributed by atoms with Gasteiger partial charge in [-0.2, -0.15) is 0 Å². The Balaban J connectivity index is 2.21. The molecule has 0 aliphatic rings. The molecule has 3 aromatic heterocycles. The van der Waals surface area contributed by atoms with Crippen LogP contribution in [0.15, 0.2) is 12.1 Å². The first-order valence-electron chi connectivity index (χ1n) is 6.44. The molecule has 18 heavy (non-hydrogen) atoms. The number of aromatic nitrogens is 4. The Hall–Kier alpha value is -1.84. The number of H-pyrrole nitrogens is 2. The van der Waals surface area contributed by atoms with Crippen molar-refractivity contribution in [2.45, 2.75) is 39.5 Å². The normalized spacial score (nSPS) is 12.3. The van der Waals surface area contributed by atoms with Gasteiger partial charge in [0.1, 0.15) is 11.0 Å². The lowest BCUT2D eigenvalue weighted by Crippen LogP contribution is -1.87. The first-order chi connectivity index (χ1) is 8.54. The van der Waals surface area contributed by atoms with E-state index in [2.05, 4.69) is 59.8 Å². The number of rotatable bonds is 2. The van der Waals surface area contributed by atoms with E-state index >= 15 is 0 Å². The van der Waals surface area contributed by atoms with Gasteiger partial charge in [0.25, 0.3) is 0 Å². The Bertz CT molecular complexity index is 594. The summed E-state index contributed by atoms with van der Waals surface area (Å²) in [5.41, 5.74) is 5.98. The van der Waals surface area contributed by atoms with Crippen LogP contribution in [0.3, 0.4) is 0 Å². The van der Waals surface area contributed by atoms with Crippen LogP contribution in [0, 0.1) is 0 Å². The van der Waals surface area contributed by atoms with Crippen molar-refractivity contribution >= 4 is 22.3 Å². The van der Waals surface area contributed by atoms with E-state index in [1.165, 1.54) is 11.4 Å². The molecule has 0 saturated heterocycles. The van der Waals surface area contributed by atoms with Crippen LogP contribution in [0.25, 0.3) is 22.3 Å². The molecule has 94 valence electrons. The fraction of sp³-hybridized carbons (Fsp3) is 0.429. The summed E-state index contributed by atoms with van der Waals surface area (Å²) in [6, 6.07) is 4.18. The standard InChI is InChI=1S/C14H18N4/c1-7(2)9-5-11-13(16-9)18-14-12(15-11)6-10(17-14)8(3)4/h5-8H,1-4H3,(H2,16,17,18). The monoisotopic (exact) mass is 242 g/mol. The molecule has 0 bridgehead atoms. The lowest BCUT2D eigenvalue weighted by Gasteiger charge is -1.97. The topological polar surface area (TPSA) is 57.4 Å². The van der Waals surface area contributed by atoms with Gasteiger partial charge in [-0.25, -0.2) is 9.97 Å². The molecule has 3 aromatic rings. The first-order valence-corrected chi connectivity index (χ1v) is 6.44. The Morgan fingerprint density at radius 1 is 0.778 bits per heavy atom. The number of hydrogen-bond acceptors (Lipinski definition) is 2. The lowest BCUT2D eigenvalue weighted by molar-refractivity contribution is 0.833. The number of nitrogens with one attached hydrogen (secondary N) is 2. The lowest BCUT2D eigenvalue weighted by atomic mass is 10.1. The number of fused-ring (bicyclic) bond motifs is 2. The maximum absolute atomic E-state index is 4.66. The van der Waals surface area contributed by atoms with Crippen molar-refractivity contribution in [1.82, 2.24) is 19.9 Å². The van der Waals surface area contributed by atoms with Crippen LogP contribution in [0.1, 0.15) is 50.9 Å². The molecule has 4 nitrogen and oxygen atoms in total. The van der Waals surface area contributed by atoms with Crippen molar-refractivity contribution in [1.29, 1.82) is 0 Å². The zero-order chi connectivity index (χ0) is 12.9. The Kier molecular flexibility index (Phi) is 2.40. The summed E-state index contributed by atoms with van der Waals surface area (Å²) in [6.07, 6.45) is 0. The van der Waals surface area contributed by atoms with Gasteiger partial charge in [-0.1, -0.05) is 27.7 Å². The van der Waals surface area contributed by atoms with Gasteiger partial charge in [0, 0.05) is 11.4 Å². The summed E-state index contributed by atoms with van der Waals surface area (Å²) in [4.78, 5) is 15.9. The minimum atomic E-state index is 0.463. The molecule has 0 unspecified atom stereocenters. The minimum absolute atomic E-state index is 0.463. The fourth-order valence-electron chi connectivity index (χ4n) is 2.11. The predicted molar refractivity (Wildman–Crippen MR) is 73.9 cm³/mol. The van der Waals surface area contributed by atoms with E-state index in [0.29, 0.717) is 11.8 Å². The molecule has 4 heteroatoms. The van der Waals surface area contributed by atoms with Gasteiger partial charge < -0.3 is 9.97 Å². The third kappa shape index (κ3) is 1.68. The molecule has 0 atom stereocenters. The number of nitrogens with zero attached hydrogens (tertiary/aromatic N) is 2. The second-order valence-electron chi connectivity index (χ2n) is 5.45. The smallest absolute Gasteiger partial charge is 0.158 e. The maximum atomic E-state index is 4.66. The Labute approximate surface area is 106 Å². The molecule has 0 saturated carbocycles. The van der Waals surface area contributed by atoms with Crippen LogP contribution in [-0.4, -0.2) is 19.9 Å². The summed E-state index contributed by atoms with van der Waals surface area (Å²) in [7, 11) is 0. The van der Waals surface area contributed by atoms with Gasteiger partial charge in [0.2, 0.25) is 0 Å². The molecule has 0 aliphatic heterocycles. The van der Waals surface area contributed by atoms with Crippen LogP contribution in [0.2, 0.25) is 0 Å². The highest BCUT2D eigenvalue weighted by Crippen LogP contribution is 2.23. The van der Waals surface area contributed by atoms with E-state index in [4.69, 9.17) is 0 Å². The maximum Gasteiger partial charge on any atom is 0.158 e. The van der Waals surface area contributed by atoms with Crippen LogP contribution in [0.4, 0.5) is 0 Å². The summed E-state index contributed by atoms with van der Waals surface area (Å²) in [5.74, 6) is 0.927. The zero-order valence-corrected chi connectivity index (χ0v) is 11.2. The summed E-state index contributed by atoms with van der Waals surface area (Å²) in [5, 5.41) is 0. The molecular weight excluding hydrogens is 224 g/mol. The van der Waals surface area contributed by atoms with E-state index in [9.17, 15) is 0 Å². The van der Waals surface area contributed by atoms with Crippen molar-refractivity contribution in [2.24, 2.45) is 0 Å². The highest BCUT2D eigenvalue weighted by Gasteiger charge is 2.11. The molecule has 3 rings (SSSR count). The molecular formula is C14H18N4. The summed E-state index contributed by atoms with van der Waals surface area (Å²) >= 11 is 0. The van der Waals surface area contributed by atoms with Gasteiger partial charge in [0.05, 0.1) is 0 Å². The van der Waals surface area contributed by atoms with Gasteiger partial charge in [-0.15, -0.1) is 0 Å². The van der Waals surface area contributed by atoms with Crippen LogP contribution in [0.5, 0.6) is 0 Å². The van der Waals surface area contributed by atoms with Crippen molar-refractivity contribution < 1.29 is 0 Å². The molecule has 0 fully saturated rings. The minimum Gasteiger partial charge on any atom is -0.342 e. The third-order valence-electron chi connectivity index (χ3n) is 3.30. The molecule has 0 amide bonds. The van der Waals surface area contributed by atoms with E-state index in [1.807, 2.05) is 0 Å². The van der Waals surface area contributed by atoms with Gasteiger partial charge >= 0.3 is 0 Å². The molecule has 0 radical (unpaired) electrons. The van der Waals surface area contributed by atoms with E-state index in [1.54, 1.807) is 0 Å².